The number of rotatable bonds is 2. The Balaban J connectivity index is 1.49. The zero-order valence-electron chi connectivity index (χ0n) is 16.1. The number of pyridine rings is 1. The van der Waals surface area contributed by atoms with Crippen LogP contribution in [0.15, 0.2) is 42.6 Å². The van der Waals surface area contributed by atoms with Gasteiger partial charge in [-0.3, -0.25) is 4.98 Å². The zero-order chi connectivity index (χ0) is 19.0. The van der Waals surface area contributed by atoms with Gasteiger partial charge in [-0.1, -0.05) is 30.3 Å². The van der Waals surface area contributed by atoms with E-state index in [-0.39, 0.29) is 24.2 Å². The third-order valence-electron chi connectivity index (χ3n) is 6.10. The largest absolute Gasteiger partial charge is 0.327 e. The lowest BCUT2D eigenvalue weighted by atomic mass is 9.92. The van der Waals surface area contributed by atoms with E-state index in [0.29, 0.717) is 5.92 Å². The van der Waals surface area contributed by atoms with Crippen molar-refractivity contribution in [1.82, 2.24) is 9.88 Å². The Morgan fingerprint density at radius 1 is 1.26 bits per heavy atom. The molecule has 4 atom stereocenters. The van der Waals surface area contributed by atoms with Gasteiger partial charge in [-0.15, -0.1) is 0 Å². The fourth-order valence-electron chi connectivity index (χ4n) is 4.68. The number of hydrogen-bond acceptors (Lipinski definition) is 3. The molecular weight excluding hydrogens is 336 g/mol. The van der Waals surface area contributed by atoms with Crippen LogP contribution in [0.3, 0.4) is 0 Å². The van der Waals surface area contributed by atoms with Crippen molar-refractivity contribution in [3.63, 3.8) is 0 Å². The van der Waals surface area contributed by atoms with Crippen molar-refractivity contribution in [3.05, 3.63) is 59.4 Å². The zero-order valence-corrected chi connectivity index (χ0v) is 16.1. The Morgan fingerprint density at radius 2 is 2.04 bits per heavy atom. The number of amides is 2. The molecule has 2 aliphatic rings. The summed E-state index contributed by atoms with van der Waals surface area (Å²) >= 11 is 0. The highest BCUT2D eigenvalue weighted by molar-refractivity contribution is 5.90. The van der Waals surface area contributed by atoms with Gasteiger partial charge in [0, 0.05) is 29.7 Å². The van der Waals surface area contributed by atoms with Crippen molar-refractivity contribution in [2.45, 2.75) is 63.6 Å². The van der Waals surface area contributed by atoms with Crippen molar-refractivity contribution in [2.24, 2.45) is 5.73 Å². The van der Waals surface area contributed by atoms with Crippen molar-refractivity contribution in [2.75, 3.05) is 5.32 Å². The first kappa shape index (κ1) is 18.0. The number of carbonyl (C=O) groups is 1. The van der Waals surface area contributed by atoms with Crippen LogP contribution in [-0.2, 0) is 12.8 Å². The monoisotopic (exact) mass is 364 g/mol. The first-order valence-corrected chi connectivity index (χ1v) is 9.90. The molecule has 27 heavy (non-hydrogen) atoms. The Hall–Kier alpha value is -2.40. The predicted molar refractivity (Wildman–Crippen MR) is 108 cm³/mol. The average molecular weight is 364 g/mol. The van der Waals surface area contributed by atoms with Crippen molar-refractivity contribution < 1.29 is 4.79 Å². The van der Waals surface area contributed by atoms with E-state index in [0.717, 1.165) is 42.6 Å². The molecule has 2 heterocycles. The molecule has 5 heteroatoms. The second kappa shape index (κ2) is 7.31. The Kier molecular flexibility index (Phi) is 4.87. The first-order valence-electron chi connectivity index (χ1n) is 9.90. The molecule has 1 fully saturated rings. The van der Waals surface area contributed by atoms with Crippen molar-refractivity contribution in [1.29, 1.82) is 0 Å². The molecule has 4 rings (SSSR count). The summed E-state index contributed by atoms with van der Waals surface area (Å²) in [5, 5.41) is 3.07. The van der Waals surface area contributed by atoms with Crippen LogP contribution in [0.5, 0.6) is 0 Å². The Bertz CT molecular complexity index is 822. The van der Waals surface area contributed by atoms with Gasteiger partial charge in [0.05, 0.1) is 11.9 Å². The highest BCUT2D eigenvalue weighted by Crippen LogP contribution is 2.37. The second-order valence-corrected chi connectivity index (χ2v) is 8.01. The van der Waals surface area contributed by atoms with Gasteiger partial charge in [-0.25, -0.2) is 4.79 Å². The van der Waals surface area contributed by atoms with Crippen LogP contribution >= 0.6 is 0 Å². The highest BCUT2D eigenvalue weighted by Gasteiger charge is 2.39. The van der Waals surface area contributed by atoms with E-state index in [1.165, 1.54) is 5.56 Å². The summed E-state index contributed by atoms with van der Waals surface area (Å²) in [7, 11) is 0. The van der Waals surface area contributed by atoms with E-state index in [4.69, 9.17) is 5.73 Å². The van der Waals surface area contributed by atoms with Crippen LogP contribution in [0.1, 0.15) is 49.4 Å². The van der Waals surface area contributed by atoms with Gasteiger partial charge in [0.15, 0.2) is 0 Å². The second-order valence-electron chi connectivity index (χ2n) is 8.01. The van der Waals surface area contributed by atoms with Crippen molar-refractivity contribution >= 4 is 11.7 Å². The number of urea groups is 1. The fourth-order valence-corrected chi connectivity index (χ4v) is 4.68. The van der Waals surface area contributed by atoms with Gasteiger partial charge >= 0.3 is 6.03 Å². The highest BCUT2D eigenvalue weighted by atomic mass is 16.2. The maximum Gasteiger partial charge on any atom is 0.322 e. The minimum atomic E-state index is -0.0460. The molecule has 0 radical (unpaired) electrons. The summed E-state index contributed by atoms with van der Waals surface area (Å²) in [6, 6.07) is 13.0. The SMILES string of the molecule is CC1CC(c2ccccc2)C(C)N1C(=O)Nc1cnc2c(c1)CC(N)CC2. The van der Waals surface area contributed by atoms with E-state index in [1.54, 1.807) is 6.20 Å². The van der Waals surface area contributed by atoms with Crippen LogP contribution in [0, 0.1) is 0 Å². The molecule has 1 aliphatic carbocycles. The molecule has 4 unspecified atom stereocenters. The number of anilines is 1. The number of nitrogens with two attached hydrogens (primary N) is 1. The van der Waals surface area contributed by atoms with Crippen LogP contribution in [-0.4, -0.2) is 34.0 Å². The summed E-state index contributed by atoms with van der Waals surface area (Å²) in [5.41, 5.74) is 10.4. The smallest absolute Gasteiger partial charge is 0.322 e. The normalized spacial score (nSPS) is 27.3. The summed E-state index contributed by atoms with van der Waals surface area (Å²) in [5.74, 6) is 0.367. The maximum absolute atomic E-state index is 13.0. The molecule has 0 bridgehead atoms. The third kappa shape index (κ3) is 3.56. The number of benzene rings is 1. The van der Waals surface area contributed by atoms with E-state index in [9.17, 15) is 4.79 Å². The quantitative estimate of drug-likeness (QED) is 0.853. The molecule has 1 aromatic carbocycles. The van der Waals surface area contributed by atoms with E-state index < -0.39 is 0 Å². The molecule has 0 spiro atoms. The molecule has 0 saturated carbocycles. The first-order chi connectivity index (χ1) is 13.0. The van der Waals surface area contributed by atoms with E-state index in [2.05, 4.69) is 48.4 Å². The molecule has 1 saturated heterocycles. The maximum atomic E-state index is 13.0. The number of aromatic nitrogens is 1. The fraction of sp³-hybridized carbons (Fsp3) is 0.455. The molecule has 3 N–H and O–H groups in total. The predicted octanol–water partition coefficient (Wildman–Crippen LogP) is 3.70. The van der Waals surface area contributed by atoms with Crippen LogP contribution in [0.4, 0.5) is 10.5 Å². The van der Waals surface area contributed by atoms with Gasteiger partial charge in [0.25, 0.3) is 0 Å². The summed E-state index contributed by atoms with van der Waals surface area (Å²) < 4.78 is 0. The molecule has 2 amide bonds. The number of nitrogens with one attached hydrogen (secondary N) is 1. The topological polar surface area (TPSA) is 71.2 Å². The number of likely N-dealkylation sites (tertiary alicyclic amines) is 1. The standard InChI is InChI=1S/C22H28N4O/c1-14-10-20(16-6-4-3-5-7-16)15(2)26(14)22(27)25-19-12-17-11-18(23)8-9-21(17)24-13-19/h3-7,12-15,18,20H,8-11,23H2,1-2H3,(H,25,27). The number of aryl methyl sites for hydroxylation is 1. The number of carbonyl (C=O) groups excluding carboxylic acids is 1. The lowest BCUT2D eigenvalue weighted by Gasteiger charge is -2.28. The van der Waals surface area contributed by atoms with E-state index >= 15 is 0 Å². The summed E-state index contributed by atoms with van der Waals surface area (Å²) in [4.78, 5) is 19.5. The van der Waals surface area contributed by atoms with Gasteiger partial charge < -0.3 is 16.0 Å². The lowest BCUT2D eigenvalue weighted by molar-refractivity contribution is 0.192. The van der Waals surface area contributed by atoms with Gasteiger partial charge in [0.1, 0.15) is 0 Å². The minimum Gasteiger partial charge on any atom is -0.327 e. The molecule has 2 aromatic rings. The molecule has 5 nitrogen and oxygen atoms in total. The Labute approximate surface area is 161 Å². The lowest BCUT2D eigenvalue weighted by Crippen LogP contribution is -2.42. The number of fused-ring (bicyclic) bond motifs is 1. The third-order valence-corrected chi connectivity index (χ3v) is 6.10. The van der Waals surface area contributed by atoms with E-state index in [1.807, 2.05) is 17.0 Å². The van der Waals surface area contributed by atoms with Crippen LogP contribution in [0.25, 0.3) is 0 Å². The molecule has 1 aliphatic heterocycles. The molecule has 1 aromatic heterocycles. The minimum absolute atomic E-state index is 0.0460. The summed E-state index contributed by atoms with van der Waals surface area (Å²) in [6.45, 7) is 4.27. The van der Waals surface area contributed by atoms with Crippen molar-refractivity contribution in [3.8, 4) is 0 Å². The van der Waals surface area contributed by atoms with Crippen LogP contribution < -0.4 is 11.1 Å². The van der Waals surface area contributed by atoms with Gasteiger partial charge in [0.2, 0.25) is 0 Å². The van der Waals surface area contributed by atoms with Gasteiger partial charge in [-0.05, 0) is 56.7 Å². The number of hydrogen-bond donors (Lipinski definition) is 2. The molecular formula is C22H28N4O. The van der Waals surface area contributed by atoms with Crippen LogP contribution in [0.2, 0.25) is 0 Å². The van der Waals surface area contributed by atoms with Gasteiger partial charge in [-0.2, -0.15) is 0 Å². The number of nitrogens with zero attached hydrogens (tertiary/aromatic N) is 2. The molecule has 142 valence electrons. The Morgan fingerprint density at radius 3 is 2.81 bits per heavy atom. The average Bonchev–Trinajstić information content (AvgIpc) is 2.96. The summed E-state index contributed by atoms with van der Waals surface area (Å²) in [6.07, 6.45) is 5.49.